The molecule has 2 aromatic heterocycles. The Labute approximate surface area is 194 Å². The molecule has 0 saturated carbocycles. The fraction of sp³-hybridized carbons (Fsp3) is 0.522. The largest absolute Gasteiger partial charge is 0.465 e. The van der Waals surface area contributed by atoms with Crippen LogP contribution in [0.4, 0.5) is 10.5 Å². The van der Waals surface area contributed by atoms with Crippen LogP contribution in [-0.2, 0) is 19.4 Å². The summed E-state index contributed by atoms with van der Waals surface area (Å²) >= 11 is 0. The first-order valence-corrected chi connectivity index (χ1v) is 13.4. The molecular formula is C23H31N5O4S. The third kappa shape index (κ3) is 4.00. The molecule has 1 saturated heterocycles. The number of imidazole rings is 1. The zero-order chi connectivity index (χ0) is 23.3. The monoisotopic (exact) mass is 473 g/mol. The molecule has 178 valence electrons. The van der Waals surface area contributed by atoms with E-state index in [4.69, 9.17) is 4.98 Å². The molecule has 1 aromatic carbocycles. The first kappa shape index (κ1) is 22.2. The second kappa shape index (κ2) is 8.34. The van der Waals surface area contributed by atoms with Gasteiger partial charge in [0.1, 0.15) is 5.82 Å². The maximum absolute atomic E-state index is 12.0. The molecule has 5 rings (SSSR count). The van der Waals surface area contributed by atoms with Gasteiger partial charge in [0.05, 0.1) is 16.7 Å². The summed E-state index contributed by atoms with van der Waals surface area (Å²) in [5, 5.41) is 14.2. The summed E-state index contributed by atoms with van der Waals surface area (Å²) in [6.07, 6.45) is 6.39. The van der Waals surface area contributed by atoms with Crippen LogP contribution in [0, 0.1) is 6.92 Å². The molecule has 1 fully saturated rings. The minimum atomic E-state index is -2.49. The zero-order valence-corrected chi connectivity index (χ0v) is 19.8. The van der Waals surface area contributed by atoms with E-state index in [9.17, 15) is 19.0 Å². The van der Waals surface area contributed by atoms with E-state index in [1.807, 2.05) is 36.9 Å². The summed E-state index contributed by atoms with van der Waals surface area (Å²) in [7, 11) is -2.49. The van der Waals surface area contributed by atoms with E-state index in [0.29, 0.717) is 37.3 Å². The number of amides is 1. The molecule has 3 N–H and O–H groups in total. The van der Waals surface area contributed by atoms with Gasteiger partial charge in [-0.05, 0) is 57.2 Å². The fourth-order valence-corrected chi connectivity index (χ4v) is 6.90. The number of anilines is 1. The Kier molecular flexibility index (Phi) is 5.62. The average Bonchev–Trinajstić information content (AvgIpc) is 3.40. The second-order valence-electron chi connectivity index (χ2n) is 9.29. The minimum Gasteiger partial charge on any atom is -0.465 e. The topological polar surface area (TPSA) is 117 Å². The molecule has 2 aliphatic rings. The molecule has 1 amide bonds. The molecule has 33 heavy (non-hydrogen) atoms. The number of nitrogens with zero attached hydrogens (tertiary/aromatic N) is 5. The highest BCUT2D eigenvalue weighted by atomic mass is 32.3. The van der Waals surface area contributed by atoms with Gasteiger partial charge in [-0.2, -0.15) is 15.7 Å². The van der Waals surface area contributed by atoms with Crippen molar-refractivity contribution >= 4 is 33.4 Å². The van der Waals surface area contributed by atoms with E-state index in [2.05, 4.69) is 9.67 Å². The highest BCUT2D eigenvalue weighted by Crippen LogP contribution is 2.48. The van der Waals surface area contributed by atoms with Crippen molar-refractivity contribution < 1.29 is 19.0 Å². The summed E-state index contributed by atoms with van der Waals surface area (Å²) in [5.74, 6) is 1.76. The van der Waals surface area contributed by atoms with Gasteiger partial charge in [-0.25, -0.2) is 9.78 Å². The summed E-state index contributed by atoms with van der Waals surface area (Å²) in [6, 6.07) is 3.96. The fourth-order valence-electron chi connectivity index (χ4n) is 5.39. The molecule has 4 heterocycles. The van der Waals surface area contributed by atoms with Gasteiger partial charge >= 0.3 is 6.09 Å². The summed E-state index contributed by atoms with van der Waals surface area (Å²) in [6.45, 7) is 4.66. The van der Waals surface area contributed by atoms with Crippen LogP contribution >= 0.6 is 10.6 Å². The van der Waals surface area contributed by atoms with E-state index in [1.54, 1.807) is 6.20 Å². The Bertz CT molecular complexity index is 1180. The third-order valence-corrected chi connectivity index (χ3v) is 8.85. The van der Waals surface area contributed by atoms with Crippen LogP contribution < -0.4 is 4.90 Å². The van der Waals surface area contributed by atoms with Crippen molar-refractivity contribution in [1.29, 1.82) is 0 Å². The highest BCUT2D eigenvalue weighted by Gasteiger charge is 2.33. The van der Waals surface area contributed by atoms with Crippen molar-refractivity contribution in [3.8, 4) is 0 Å². The van der Waals surface area contributed by atoms with Gasteiger partial charge in [0.25, 0.3) is 0 Å². The van der Waals surface area contributed by atoms with Crippen LogP contribution in [0.1, 0.15) is 49.2 Å². The number of carbonyl (C=O) groups is 1. The van der Waals surface area contributed by atoms with Crippen LogP contribution in [0.5, 0.6) is 0 Å². The van der Waals surface area contributed by atoms with Crippen LogP contribution in [0.15, 0.2) is 24.5 Å². The van der Waals surface area contributed by atoms with Crippen molar-refractivity contribution in [2.75, 3.05) is 16.4 Å². The molecular weight excluding hydrogens is 442 g/mol. The number of fused-ring (bicyclic) bond motifs is 3. The van der Waals surface area contributed by atoms with Crippen molar-refractivity contribution in [3.05, 3.63) is 41.5 Å². The normalized spacial score (nSPS) is 21.8. The average molecular weight is 474 g/mol. The van der Waals surface area contributed by atoms with Crippen LogP contribution in [0.3, 0.4) is 0 Å². The number of aromatic nitrogens is 4. The van der Waals surface area contributed by atoms with Crippen molar-refractivity contribution in [3.63, 3.8) is 0 Å². The second-order valence-corrected chi connectivity index (χ2v) is 11.7. The molecule has 2 aliphatic heterocycles. The molecule has 0 radical (unpaired) electrons. The molecule has 1 atom stereocenters. The lowest BCUT2D eigenvalue weighted by atomic mass is 9.94. The van der Waals surface area contributed by atoms with Gasteiger partial charge in [-0.15, -0.1) is 0 Å². The smallest absolute Gasteiger partial charge is 0.412 e. The predicted molar refractivity (Wildman–Crippen MR) is 130 cm³/mol. The lowest BCUT2D eigenvalue weighted by Crippen LogP contribution is -2.41. The number of hydrogen-bond acceptors (Lipinski definition) is 5. The summed E-state index contributed by atoms with van der Waals surface area (Å²) < 4.78 is 24.5. The predicted octanol–water partition coefficient (Wildman–Crippen LogP) is 4.69. The Balaban J connectivity index is 1.64. The van der Waals surface area contributed by atoms with Crippen LogP contribution in [-0.4, -0.2) is 57.2 Å². The lowest BCUT2D eigenvalue weighted by molar-refractivity contribution is 0.198. The van der Waals surface area contributed by atoms with Gasteiger partial charge in [0.15, 0.2) is 0 Å². The van der Waals surface area contributed by atoms with E-state index in [0.717, 1.165) is 46.5 Å². The van der Waals surface area contributed by atoms with E-state index >= 15 is 0 Å². The number of rotatable bonds is 4. The number of carboxylic acid groups (broad SMARTS) is 1. The van der Waals surface area contributed by atoms with Gasteiger partial charge < -0.3 is 9.67 Å². The molecule has 1 unspecified atom stereocenters. The van der Waals surface area contributed by atoms with Crippen molar-refractivity contribution in [1.82, 2.24) is 19.3 Å². The maximum Gasteiger partial charge on any atom is 0.412 e. The first-order valence-electron chi connectivity index (χ1n) is 11.5. The molecule has 0 bridgehead atoms. The number of benzene rings is 1. The van der Waals surface area contributed by atoms with Crippen molar-refractivity contribution in [2.45, 2.75) is 64.6 Å². The Morgan fingerprint density at radius 1 is 1.24 bits per heavy atom. The van der Waals surface area contributed by atoms with E-state index in [-0.39, 0.29) is 12.1 Å². The first-order chi connectivity index (χ1) is 15.7. The highest BCUT2D eigenvalue weighted by molar-refractivity contribution is 8.24. The molecule has 10 heteroatoms. The summed E-state index contributed by atoms with van der Waals surface area (Å²) in [5.41, 5.74) is 4.67. The maximum atomic E-state index is 12.0. The molecule has 0 spiro atoms. The molecule has 0 aliphatic carbocycles. The van der Waals surface area contributed by atoms with Gasteiger partial charge in [-0.1, -0.05) is 0 Å². The number of aryl methyl sites for hydroxylation is 4. The minimum absolute atomic E-state index is 0.0724. The summed E-state index contributed by atoms with van der Waals surface area (Å²) in [4.78, 5) is 18.6. The van der Waals surface area contributed by atoms with E-state index in [1.165, 1.54) is 4.90 Å². The third-order valence-electron chi connectivity index (χ3n) is 7.07. The van der Waals surface area contributed by atoms with Crippen molar-refractivity contribution in [2.24, 2.45) is 0 Å². The lowest BCUT2D eigenvalue weighted by Gasteiger charge is -2.40. The SMILES string of the molecule is Cc1cc2c(c3nc(CCn4cccn4)n(C4CCS(O)(O)CC4)c13)CCC(C)N2C(=O)O. The quantitative estimate of drug-likeness (QED) is 0.506. The molecule has 3 aromatic rings. The van der Waals surface area contributed by atoms with E-state index < -0.39 is 16.7 Å². The van der Waals surface area contributed by atoms with Gasteiger partial charge in [-0.3, -0.25) is 18.7 Å². The standard InChI is InChI=1S/C23H31N5O4S/c1-15-14-19-18(5-4-16(2)27(19)23(29)30)21-22(15)28(17-7-12-33(31,32)13-8-17)20(25-21)6-11-26-10-3-9-24-26/h3,9-10,14,16-17,31-32H,4-8,11-13H2,1-2H3,(H,29,30). The number of hydrogen-bond donors (Lipinski definition) is 3. The Morgan fingerprint density at radius 2 is 2.00 bits per heavy atom. The Hall–Kier alpha value is -2.56. The van der Waals surface area contributed by atoms with Crippen LogP contribution in [0.2, 0.25) is 0 Å². The van der Waals surface area contributed by atoms with Gasteiger partial charge in [0.2, 0.25) is 0 Å². The zero-order valence-electron chi connectivity index (χ0n) is 19.0. The van der Waals surface area contributed by atoms with Gasteiger partial charge in [0, 0.05) is 54.5 Å². The Morgan fingerprint density at radius 3 is 2.67 bits per heavy atom. The molecule has 9 nitrogen and oxygen atoms in total. The van der Waals surface area contributed by atoms with Crippen LogP contribution in [0.25, 0.3) is 11.0 Å².